The van der Waals surface area contributed by atoms with E-state index in [4.69, 9.17) is 9.47 Å². The van der Waals surface area contributed by atoms with Crippen LogP contribution in [0.4, 0.5) is 11.4 Å². The largest absolute Gasteiger partial charge is 0.497 e. The zero-order valence-corrected chi connectivity index (χ0v) is 19.8. The smallest absolute Gasteiger partial charge is 0.252 e. The fourth-order valence-corrected chi connectivity index (χ4v) is 3.55. The fourth-order valence-electron chi connectivity index (χ4n) is 2.93. The highest BCUT2D eigenvalue weighted by Gasteiger charge is 2.25. The molecule has 0 aromatic heterocycles. The number of rotatable bonds is 9. The Kier molecular flexibility index (Phi) is 8.09. The fraction of sp³-hybridized carbons (Fsp3) is 0.364. The number of benzene rings is 2. The predicted octanol–water partition coefficient (Wildman–Crippen LogP) is 2.78. The predicted molar refractivity (Wildman–Crippen MR) is 124 cm³/mol. The molecular weight excluding hydrogens is 434 g/mol. The van der Waals surface area contributed by atoms with Crippen LogP contribution >= 0.6 is 0 Å². The number of aryl methyl sites for hydroxylation is 1. The third kappa shape index (κ3) is 6.88. The quantitative estimate of drug-likeness (QED) is 0.526. The van der Waals surface area contributed by atoms with E-state index in [0.717, 1.165) is 6.26 Å². The Labute approximate surface area is 188 Å². The average Bonchev–Trinajstić information content (AvgIpc) is 2.72. The number of hydrogen-bond acceptors (Lipinski definition) is 6. The third-order valence-corrected chi connectivity index (χ3v) is 5.24. The van der Waals surface area contributed by atoms with Crippen LogP contribution in [-0.2, 0) is 14.8 Å². The Balaban J connectivity index is 2.22. The normalized spacial score (nSPS) is 12.1. The van der Waals surface area contributed by atoms with Gasteiger partial charge >= 0.3 is 0 Å². The monoisotopic (exact) mass is 463 g/mol. The summed E-state index contributed by atoms with van der Waals surface area (Å²) in [6, 6.07) is 8.78. The highest BCUT2D eigenvalue weighted by Crippen LogP contribution is 2.24. The molecule has 32 heavy (non-hydrogen) atoms. The van der Waals surface area contributed by atoms with Gasteiger partial charge in [0.15, 0.2) is 0 Å². The van der Waals surface area contributed by atoms with E-state index in [-0.39, 0.29) is 11.5 Å². The molecule has 0 radical (unpaired) electrons. The van der Waals surface area contributed by atoms with E-state index in [1.54, 1.807) is 37.3 Å². The van der Waals surface area contributed by atoms with Gasteiger partial charge in [-0.3, -0.25) is 14.3 Å². The van der Waals surface area contributed by atoms with Gasteiger partial charge in [0.05, 0.1) is 26.2 Å². The first-order valence-electron chi connectivity index (χ1n) is 9.86. The zero-order chi connectivity index (χ0) is 24.1. The lowest BCUT2D eigenvalue weighted by molar-refractivity contribution is -0.118. The van der Waals surface area contributed by atoms with Crippen LogP contribution in [0.2, 0.25) is 0 Å². The second-order valence-electron chi connectivity index (χ2n) is 7.69. The molecule has 0 aliphatic rings. The van der Waals surface area contributed by atoms with E-state index in [1.165, 1.54) is 20.3 Å². The molecule has 2 aromatic carbocycles. The summed E-state index contributed by atoms with van der Waals surface area (Å²) in [4.78, 5) is 25.8. The summed E-state index contributed by atoms with van der Waals surface area (Å²) in [6.07, 6.45) is 1.05. The lowest BCUT2D eigenvalue weighted by atomic mass is 10.0. The topological polar surface area (TPSA) is 123 Å². The summed E-state index contributed by atoms with van der Waals surface area (Å²) in [5.41, 5.74) is 1.75. The van der Waals surface area contributed by atoms with Crippen molar-refractivity contribution in [2.45, 2.75) is 26.8 Å². The molecule has 0 aliphatic heterocycles. The Morgan fingerprint density at radius 1 is 0.969 bits per heavy atom. The van der Waals surface area contributed by atoms with Gasteiger partial charge in [-0.2, -0.15) is 0 Å². The van der Waals surface area contributed by atoms with Gasteiger partial charge in [-0.15, -0.1) is 0 Å². The zero-order valence-electron chi connectivity index (χ0n) is 19.0. The van der Waals surface area contributed by atoms with Crippen molar-refractivity contribution in [3.05, 3.63) is 47.5 Å². The maximum absolute atomic E-state index is 12.9. The molecule has 0 bridgehead atoms. The van der Waals surface area contributed by atoms with Gasteiger partial charge in [0.2, 0.25) is 15.9 Å². The second kappa shape index (κ2) is 10.4. The van der Waals surface area contributed by atoms with Crippen LogP contribution in [-0.4, -0.2) is 46.7 Å². The van der Waals surface area contributed by atoms with Gasteiger partial charge in [-0.25, -0.2) is 8.42 Å². The van der Waals surface area contributed by atoms with Gasteiger partial charge < -0.3 is 20.1 Å². The van der Waals surface area contributed by atoms with Crippen molar-refractivity contribution < 1.29 is 27.5 Å². The SMILES string of the molecule is COc1cc(OC)cc(C(=O)NC(C(=O)Nc2ccc(C)c(NS(C)(=O)=O)c2)C(C)C)c1. The van der Waals surface area contributed by atoms with E-state index in [2.05, 4.69) is 15.4 Å². The highest BCUT2D eigenvalue weighted by molar-refractivity contribution is 7.92. The number of amides is 2. The molecule has 0 saturated carbocycles. The maximum Gasteiger partial charge on any atom is 0.252 e. The van der Waals surface area contributed by atoms with E-state index in [1.807, 2.05) is 13.8 Å². The van der Waals surface area contributed by atoms with Crippen molar-refractivity contribution in [3.8, 4) is 11.5 Å². The number of sulfonamides is 1. The summed E-state index contributed by atoms with van der Waals surface area (Å²) in [7, 11) is -0.510. The molecule has 0 heterocycles. The summed E-state index contributed by atoms with van der Waals surface area (Å²) in [6.45, 7) is 5.36. The molecule has 2 aromatic rings. The molecule has 0 saturated heterocycles. The number of anilines is 2. The van der Waals surface area contributed by atoms with Gasteiger partial charge in [0, 0.05) is 17.3 Å². The van der Waals surface area contributed by atoms with E-state index in [0.29, 0.717) is 28.4 Å². The van der Waals surface area contributed by atoms with Crippen LogP contribution in [0.3, 0.4) is 0 Å². The summed E-state index contributed by atoms with van der Waals surface area (Å²) in [5, 5.41) is 5.49. The van der Waals surface area contributed by atoms with Gasteiger partial charge in [0.1, 0.15) is 17.5 Å². The minimum Gasteiger partial charge on any atom is -0.497 e. The summed E-state index contributed by atoms with van der Waals surface area (Å²) >= 11 is 0. The van der Waals surface area contributed by atoms with Crippen molar-refractivity contribution in [1.82, 2.24) is 5.32 Å². The second-order valence-corrected chi connectivity index (χ2v) is 9.44. The van der Waals surface area contributed by atoms with Crippen molar-refractivity contribution in [2.24, 2.45) is 5.92 Å². The molecule has 10 heteroatoms. The molecule has 0 spiro atoms. The molecule has 1 atom stereocenters. The number of ether oxygens (including phenoxy) is 2. The van der Waals surface area contributed by atoms with Gasteiger partial charge in [-0.05, 0) is 42.7 Å². The van der Waals surface area contributed by atoms with Crippen molar-refractivity contribution in [2.75, 3.05) is 30.5 Å². The van der Waals surface area contributed by atoms with Gasteiger partial charge in [0.25, 0.3) is 5.91 Å². The van der Waals surface area contributed by atoms with Crippen LogP contribution in [0.25, 0.3) is 0 Å². The van der Waals surface area contributed by atoms with E-state index >= 15 is 0 Å². The first-order chi connectivity index (χ1) is 14.9. The van der Waals surface area contributed by atoms with Crippen molar-refractivity contribution in [3.63, 3.8) is 0 Å². The third-order valence-electron chi connectivity index (χ3n) is 4.65. The number of carbonyl (C=O) groups excluding carboxylic acids is 2. The molecule has 2 amide bonds. The first-order valence-corrected chi connectivity index (χ1v) is 11.8. The summed E-state index contributed by atoms with van der Waals surface area (Å²) < 4.78 is 35.9. The minimum absolute atomic E-state index is 0.217. The Morgan fingerprint density at radius 3 is 2.06 bits per heavy atom. The van der Waals surface area contributed by atoms with Crippen LogP contribution < -0.4 is 24.8 Å². The Bertz CT molecular complexity index is 1080. The number of nitrogens with one attached hydrogen (secondary N) is 3. The Hall–Kier alpha value is -3.27. The van der Waals surface area contributed by atoms with Crippen molar-refractivity contribution >= 4 is 33.2 Å². The molecule has 0 aliphatic carbocycles. The average molecular weight is 464 g/mol. The van der Waals surface area contributed by atoms with Crippen LogP contribution in [0, 0.1) is 12.8 Å². The molecular formula is C22H29N3O6S. The van der Waals surface area contributed by atoms with Crippen LogP contribution in [0.1, 0.15) is 29.8 Å². The Morgan fingerprint density at radius 2 is 1.56 bits per heavy atom. The van der Waals surface area contributed by atoms with Crippen molar-refractivity contribution in [1.29, 1.82) is 0 Å². The highest BCUT2D eigenvalue weighted by atomic mass is 32.2. The molecule has 0 fully saturated rings. The molecule has 1 unspecified atom stereocenters. The van der Waals surface area contributed by atoms with E-state index < -0.39 is 27.9 Å². The summed E-state index contributed by atoms with van der Waals surface area (Å²) in [5.74, 6) is -0.210. The first kappa shape index (κ1) is 25.0. The van der Waals surface area contributed by atoms with E-state index in [9.17, 15) is 18.0 Å². The number of carbonyl (C=O) groups is 2. The number of hydrogen-bond donors (Lipinski definition) is 3. The molecule has 9 nitrogen and oxygen atoms in total. The number of methoxy groups -OCH3 is 2. The lowest BCUT2D eigenvalue weighted by Crippen LogP contribution is -2.47. The van der Waals surface area contributed by atoms with Crippen LogP contribution in [0.5, 0.6) is 11.5 Å². The standard InChI is InChI=1S/C22H29N3O6S/c1-13(2)20(24-21(26)15-9-17(30-4)12-18(10-15)31-5)22(27)23-16-8-7-14(3)19(11-16)25-32(6,28)29/h7-13,20,25H,1-6H3,(H,23,27)(H,24,26). The minimum atomic E-state index is -3.47. The van der Waals surface area contributed by atoms with Crippen LogP contribution in [0.15, 0.2) is 36.4 Å². The maximum atomic E-state index is 12.9. The lowest BCUT2D eigenvalue weighted by Gasteiger charge is -2.22. The molecule has 174 valence electrons. The molecule has 3 N–H and O–H groups in total. The molecule has 2 rings (SSSR count). The van der Waals surface area contributed by atoms with Gasteiger partial charge in [-0.1, -0.05) is 19.9 Å².